The van der Waals surface area contributed by atoms with Crippen molar-refractivity contribution in [3.63, 3.8) is 0 Å². The number of nitrogens with zero attached hydrogens (tertiary/aromatic N) is 1. The molecule has 5 heteroatoms. The number of para-hydroxylation sites is 1. The molecule has 0 bridgehead atoms. The number of methoxy groups -OCH3 is 1. The Kier molecular flexibility index (Phi) is 4.78. The molecule has 3 aromatic rings. The van der Waals surface area contributed by atoms with Crippen LogP contribution in [-0.4, -0.2) is 35.2 Å². The summed E-state index contributed by atoms with van der Waals surface area (Å²) in [6.07, 6.45) is 2.95. The van der Waals surface area contributed by atoms with E-state index in [2.05, 4.69) is 16.5 Å². The first-order chi connectivity index (χ1) is 14.5. The van der Waals surface area contributed by atoms with Crippen LogP contribution in [0.15, 0.2) is 54.8 Å². The van der Waals surface area contributed by atoms with E-state index in [1.807, 2.05) is 30.3 Å². The van der Waals surface area contributed by atoms with Gasteiger partial charge in [-0.25, -0.2) is 4.39 Å². The van der Waals surface area contributed by atoms with Crippen LogP contribution < -0.4 is 4.74 Å². The van der Waals surface area contributed by atoms with Gasteiger partial charge in [-0.1, -0.05) is 30.8 Å². The van der Waals surface area contributed by atoms with Gasteiger partial charge in [-0.05, 0) is 67.0 Å². The van der Waals surface area contributed by atoms with E-state index in [1.54, 1.807) is 13.2 Å². The third-order valence-corrected chi connectivity index (χ3v) is 6.92. The van der Waals surface area contributed by atoms with Gasteiger partial charge in [0.15, 0.2) is 0 Å². The summed E-state index contributed by atoms with van der Waals surface area (Å²) in [4.78, 5) is 5.68. The van der Waals surface area contributed by atoms with Gasteiger partial charge in [0.1, 0.15) is 17.3 Å². The SMILES string of the molecule is C=C(O)C(c1cccc(OC)c1)N1CCC2Cc3[nH]c4c(F)cccc4c3CC2C1. The molecule has 5 rings (SSSR count). The van der Waals surface area contributed by atoms with E-state index in [-0.39, 0.29) is 17.6 Å². The van der Waals surface area contributed by atoms with Crippen molar-refractivity contribution >= 4 is 10.9 Å². The molecule has 0 saturated carbocycles. The van der Waals surface area contributed by atoms with Gasteiger partial charge in [0.25, 0.3) is 0 Å². The van der Waals surface area contributed by atoms with Crippen molar-refractivity contribution in [3.05, 3.63) is 77.4 Å². The Labute approximate surface area is 176 Å². The molecule has 3 atom stereocenters. The van der Waals surface area contributed by atoms with E-state index in [1.165, 1.54) is 17.3 Å². The average Bonchev–Trinajstić information content (AvgIpc) is 3.11. The van der Waals surface area contributed by atoms with Crippen molar-refractivity contribution < 1.29 is 14.2 Å². The molecule has 1 aromatic heterocycles. The van der Waals surface area contributed by atoms with Crippen molar-refractivity contribution in [1.29, 1.82) is 0 Å². The predicted octanol–water partition coefficient (Wildman–Crippen LogP) is 5.17. The molecule has 156 valence electrons. The zero-order valence-electron chi connectivity index (χ0n) is 17.2. The molecule has 2 N–H and O–H groups in total. The van der Waals surface area contributed by atoms with Gasteiger partial charge >= 0.3 is 0 Å². The van der Waals surface area contributed by atoms with Crippen molar-refractivity contribution in [2.45, 2.75) is 25.3 Å². The zero-order chi connectivity index (χ0) is 20.8. The molecule has 0 radical (unpaired) electrons. The number of benzene rings is 2. The van der Waals surface area contributed by atoms with Crippen molar-refractivity contribution in [3.8, 4) is 5.75 Å². The molecule has 0 spiro atoms. The lowest BCUT2D eigenvalue weighted by atomic mass is 9.73. The topological polar surface area (TPSA) is 48.5 Å². The van der Waals surface area contributed by atoms with E-state index in [4.69, 9.17) is 4.74 Å². The highest BCUT2D eigenvalue weighted by Gasteiger charge is 2.38. The highest BCUT2D eigenvalue weighted by Crippen LogP contribution is 2.42. The number of hydrogen-bond acceptors (Lipinski definition) is 3. The Hall–Kier alpha value is -2.79. The third kappa shape index (κ3) is 3.18. The molecule has 1 aliphatic heterocycles. The number of H-pyrrole nitrogens is 1. The number of aromatic amines is 1. The van der Waals surface area contributed by atoms with Gasteiger partial charge in [0.05, 0.1) is 18.7 Å². The Morgan fingerprint density at radius 3 is 2.87 bits per heavy atom. The summed E-state index contributed by atoms with van der Waals surface area (Å²) in [5, 5.41) is 11.5. The molecular weight excluding hydrogens is 379 g/mol. The predicted molar refractivity (Wildman–Crippen MR) is 116 cm³/mol. The average molecular weight is 407 g/mol. The van der Waals surface area contributed by atoms with Crippen LogP contribution in [0.25, 0.3) is 10.9 Å². The highest BCUT2D eigenvalue weighted by molar-refractivity contribution is 5.85. The number of likely N-dealkylation sites (tertiary alicyclic amines) is 1. The smallest absolute Gasteiger partial charge is 0.147 e. The fourth-order valence-electron chi connectivity index (χ4n) is 5.49. The van der Waals surface area contributed by atoms with Crippen molar-refractivity contribution in [1.82, 2.24) is 9.88 Å². The fourth-order valence-corrected chi connectivity index (χ4v) is 5.49. The van der Waals surface area contributed by atoms with Crippen LogP contribution in [0, 0.1) is 17.7 Å². The third-order valence-electron chi connectivity index (χ3n) is 6.92. The molecule has 30 heavy (non-hydrogen) atoms. The lowest BCUT2D eigenvalue weighted by molar-refractivity contribution is 0.0716. The lowest BCUT2D eigenvalue weighted by Gasteiger charge is -2.44. The Balaban J connectivity index is 1.43. The number of rotatable bonds is 4. The monoisotopic (exact) mass is 406 g/mol. The van der Waals surface area contributed by atoms with Gasteiger partial charge in [0, 0.05) is 17.6 Å². The molecule has 1 aliphatic carbocycles. The molecule has 2 heterocycles. The highest BCUT2D eigenvalue weighted by atomic mass is 19.1. The van der Waals surface area contributed by atoms with E-state index in [0.717, 1.165) is 49.1 Å². The maximum absolute atomic E-state index is 14.3. The number of hydrogen-bond donors (Lipinski definition) is 2. The Morgan fingerprint density at radius 2 is 2.07 bits per heavy atom. The first-order valence-electron chi connectivity index (χ1n) is 10.6. The number of aliphatic hydroxyl groups excluding tert-OH is 1. The Morgan fingerprint density at radius 1 is 1.23 bits per heavy atom. The first kappa shape index (κ1) is 19.2. The van der Waals surface area contributed by atoms with Crippen LogP contribution in [0.1, 0.15) is 29.3 Å². The second kappa shape index (κ2) is 7.47. The van der Waals surface area contributed by atoms with E-state index in [0.29, 0.717) is 17.4 Å². The van der Waals surface area contributed by atoms with Crippen LogP contribution in [0.3, 0.4) is 0 Å². The fraction of sp³-hybridized carbons (Fsp3) is 0.360. The van der Waals surface area contributed by atoms with E-state index >= 15 is 0 Å². The zero-order valence-corrected chi connectivity index (χ0v) is 17.2. The van der Waals surface area contributed by atoms with Crippen molar-refractivity contribution in [2.75, 3.05) is 20.2 Å². The number of aliphatic hydroxyl groups is 1. The van der Waals surface area contributed by atoms with Crippen LogP contribution in [0.4, 0.5) is 4.39 Å². The quantitative estimate of drug-likeness (QED) is 0.588. The second-order valence-electron chi connectivity index (χ2n) is 8.63. The minimum absolute atomic E-state index is 0.160. The van der Waals surface area contributed by atoms with Gasteiger partial charge in [-0.3, -0.25) is 4.90 Å². The summed E-state index contributed by atoms with van der Waals surface area (Å²) in [6.45, 7) is 5.65. The number of nitrogens with one attached hydrogen (secondary N) is 1. The van der Waals surface area contributed by atoms with Gasteiger partial charge in [-0.15, -0.1) is 0 Å². The normalized spacial score (nSPS) is 22.3. The molecule has 2 aromatic carbocycles. The van der Waals surface area contributed by atoms with Crippen LogP contribution in [0.5, 0.6) is 5.75 Å². The molecule has 0 amide bonds. The second-order valence-corrected chi connectivity index (χ2v) is 8.63. The Bertz CT molecular complexity index is 1110. The molecule has 4 nitrogen and oxygen atoms in total. The molecule has 3 unspecified atom stereocenters. The summed E-state index contributed by atoms with van der Waals surface area (Å²) in [7, 11) is 1.65. The number of piperidine rings is 1. The summed E-state index contributed by atoms with van der Waals surface area (Å²) in [5.74, 6) is 1.80. The number of halogens is 1. The minimum atomic E-state index is -0.247. The maximum Gasteiger partial charge on any atom is 0.147 e. The molecule has 1 fully saturated rings. The molecule has 2 aliphatic rings. The number of ether oxygens (including phenoxy) is 1. The molecular formula is C25H27FN2O2. The van der Waals surface area contributed by atoms with E-state index in [9.17, 15) is 9.50 Å². The van der Waals surface area contributed by atoms with E-state index < -0.39 is 0 Å². The summed E-state index contributed by atoms with van der Waals surface area (Å²) in [5.41, 5.74) is 4.08. The van der Waals surface area contributed by atoms with Gasteiger partial charge in [0.2, 0.25) is 0 Å². The lowest BCUT2D eigenvalue weighted by Crippen LogP contribution is -2.45. The standard InChI is InChI=1S/C25H27FN2O2/c1-15(29)25(17-5-3-6-19(11-17)30-2)28-10-9-16-13-23-21(12-18(16)14-28)20-7-4-8-22(26)24(20)27-23/h3-8,11,16,18,25,27,29H,1,9-10,12-14H2,2H3. The van der Waals surface area contributed by atoms with Crippen LogP contribution >= 0.6 is 0 Å². The van der Waals surface area contributed by atoms with Crippen molar-refractivity contribution in [2.24, 2.45) is 11.8 Å². The summed E-state index contributed by atoms with van der Waals surface area (Å²) < 4.78 is 19.6. The minimum Gasteiger partial charge on any atom is -0.511 e. The molecule has 1 saturated heterocycles. The van der Waals surface area contributed by atoms with Gasteiger partial charge in [-0.2, -0.15) is 0 Å². The largest absolute Gasteiger partial charge is 0.511 e. The summed E-state index contributed by atoms with van der Waals surface area (Å²) in [6, 6.07) is 12.9. The first-order valence-corrected chi connectivity index (χ1v) is 10.6. The summed E-state index contributed by atoms with van der Waals surface area (Å²) >= 11 is 0. The number of aromatic nitrogens is 1. The van der Waals surface area contributed by atoms with Crippen LogP contribution in [-0.2, 0) is 12.8 Å². The van der Waals surface area contributed by atoms with Gasteiger partial charge < -0.3 is 14.8 Å². The number of fused-ring (bicyclic) bond motifs is 4. The van der Waals surface area contributed by atoms with Crippen LogP contribution in [0.2, 0.25) is 0 Å². The maximum atomic E-state index is 14.3.